The Labute approximate surface area is 148 Å². The van der Waals surface area contributed by atoms with Crippen molar-refractivity contribution in [3.05, 3.63) is 24.3 Å². The van der Waals surface area contributed by atoms with Crippen molar-refractivity contribution in [3.63, 3.8) is 0 Å². The SMILES string of the molecule is C=C(C)C(=O)CCC(C)(/C=C/C(=O)OCC)O[Si](CC)(CC)CC. The minimum Gasteiger partial charge on any atom is -0.463 e. The van der Waals surface area contributed by atoms with Crippen LogP contribution in [0.3, 0.4) is 0 Å². The minimum absolute atomic E-state index is 0.0334. The summed E-state index contributed by atoms with van der Waals surface area (Å²) in [5, 5.41) is 0. The number of carbonyl (C=O) groups is 2. The van der Waals surface area contributed by atoms with Crippen LogP contribution in [0.4, 0.5) is 0 Å². The summed E-state index contributed by atoms with van der Waals surface area (Å²) in [6, 6.07) is 3.03. The zero-order valence-electron chi connectivity index (χ0n) is 16.2. The maximum Gasteiger partial charge on any atom is 0.330 e. The van der Waals surface area contributed by atoms with Crippen molar-refractivity contribution in [1.82, 2.24) is 0 Å². The highest BCUT2D eigenvalue weighted by molar-refractivity contribution is 6.73. The Morgan fingerprint density at radius 2 is 1.67 bits per heavy atom. The lowest BCUT2D eigenvalue weighted by Gasteiger charge is -2.39. The van der Waals surface area contributed by atoms with Gasteiger partial charge in [-0.3, -0.25) is 4.79 Å². The van der Waals surface area contributed by atoms with Crippen LogP contribution < -0.4 is 0 Å². The number of hydrogen-bond acceptors (Lipinski definition) is 4. The van der Waals surface area contributed by atoms with Gasteiger partial charge in [-0.2, -0.15) is 0 Å². The molecular weight excluding hydrogens is 320 g/mol. The molecule has 0 bridgehead atoms. The predicted molar refractivity (Wildman–Crippen MR) is 102 cm³/mol. The van der Waals surface area contributed by atoms with Crippen LogP contribution in [0.1, 0.15) is 54.4 Å². The molecule has 1 unspecified atom stereocenters. The molecule has 0 aliphatic heterocycles. The summed E-state index contributed by atoms with van der Waals surface area (Å²) in [7, 11) is -1.88. The largest absolute Gasteiger partial charge is 0.463 e. The van der Waals surface area contributed by atoms with E-state index in [1.807, 2.05) is 6.92 Å². The van der Waals surface area contributed by atoms with Gasteiger partial charge in [0.05, 0.1) is 12.2 Å². The maximum atomic E-state index is 11.9. The fourth-order valence-corrected chi connectivity index (χ4v) is 5.73. The second kappa shape index (κ2) is 10.6. The predicted octanol–water partition coefficient (Wildman–Crippen LogP) is 4.81. The second-order valence-corrected chi connectivity index (χ2v) is 11.1. The summed E-state index contributed by atoms with van der Waals surface area (Å²) in [4.78, 5) is 23.6. The molecule has 0 radical (unpaired) electrons. The van der Waals surface area contributed by atoms with Gasteiger partial charge in [-0.05, 0) is 57.0 Å². The molecule has 0 spiro atoms. The van der Waals surface area contributed by atoms with Crippen molar-refractivity contribution in [2.75, 3.05) is 6.61 Å². The highest BCUT2D eigenvalue weighted by atomic mass is 28.4. The molecule has 1 atom stereocenters. The summed E-state index contributed by atoms with van der Waals surface area (Å²) in [6.07, 6.45) is 4.08. The molecule has 0 aromatic carbocycles. The number of rotatable bonds is 12. The Balaban J connectivity index is 5.36. The van der Waals surface area contributed by atoms with E-state index < -0.39 is 13.9 Å². The molecule has 0 saturated carbocycles. The summed E-state index contributed by atoms with van der Waals surface area (Å²) >= 11 is 0. The van der Waals surface area contributed by atoms with Gasteiger partial charge < -0.3 is 9.16 Å². The molecule has 24 heavy (non-hydrogen) atoms. The first-order valence-corrected chi connectivity index (χ1v) is 11.4. The number of hydrogen-bond donors (Lipinski definition) is 0. The van der Waals surface area contributed by atoms with Gasteiger partial charge >= 0.3 is 5.97 Å². The average molecular weight is 355 g/mol. The van der Waals surface area contributed by atoms with Crippen LogP contribution in [0.2, 0.25) is 18.1 Å². The summed E-state index contributed by atoms with van der Waals surface area (Å²) < 4.78 is 11.6. The third-order valence-electron chi connectivity index (χ3n) is 4.57. The number of allylic oxidation sites excluding steroid dienone is 1. The first-order valence-electron chi connectivity index (χ1n) is 8.92. The highest BCUT2D eigenvalue weighted by Crippen LogP contribution is 2.32. The quantitative estimate of drug-likeness (QED) is 0.287. The van der Waals surface area contributed by atoms with Crippen LogP contribution >= 0.6 is 0 Å². The van der Waals surface area contributed by atoms with Crippen LogP contribution in [0, 0.1) is 0 Å². The lowest BCUT2D eigenvalue weighted by Crippen LogP contribution is -2.45. The van der Waals surface area contributed by atoms with Gasteiger partial charge in [0.25, 0.3) is 0 Å². The van der Waals surface area contributed by atoms with E-state index >= 15 is 0 Å². The Morgan fingerprint density at radius 1 is 1.12 bits per heavy atom. The zero-order valence-corrected chi connectivity index (χ0v) is 17.2. The van der Waals surface area contributed by atoms with E-state index in [9.17, 15) is 9.59 Å². The van der Waals surface area contributed by atoms with Gasteiger partial charge in [0.15, 0.2) is 14.1 Å². The molecule has 0 fully saturated rings. The third-order valence-corrected chi connectivity index (χ3v) is 9.33. The van der Waals surface area contributed by atoms with E-state index in [4.69, 9.17) is 9.16 Å². The molecule has 0 heterocycles. The summed E-state index contributed by atoms with van der Waals surface area (Å²) in [6.45, 7) is 16.0. The Morgan fingerprint density at radius 3 is 2.08 bits per heavy atom. The van der Waals surface area contributed by atoms with Crippen molar-refractivity contribution in [3.8, 4) is 0 Å². The van der Waals surface area contributed by atoms with Crippen molar-refractivity contribution >= 4 is 20.1 Å². The monoisotopic (exact) mass is 354 g/mol. The molecule has 138 valence electrons. The first kappa shape index (κ1) is 22.8. The number of Topliss-reactive ketones (excluding diaryl/α,β-unsaturated/α-hetero) is 1. The molecule has 0 saturated heterocycles. The number of esters is 1. The molecule has 0 aromatic heterocycles. The molecule has 0 rings (SSSR count). The second-order valence-electron chi connectivity index (χ2n) is 6.45. The van der Waals surface area contributed by atoms with E-state index in [1.54, 1.807) is 19.9 Å². The van der Waals surface area contributed by atoms with Crippen LogP contribution in [0.25, 0.3) is 0 Å². The average Bonchev–Trinajstić information content (AvgIpc) is 2.56. The van der Waals surface area contributed by atoms with Crippen molar-refractivity contribution in [1.29, 1.82) is 0 Å². The normalized spacial score (nSPS) is 14.4. The molecule has 0 aromatic rings. The zero-order chi connectivity index (χ0) is 18.8. The Bertz CT molecular complexity index is 458. The van der Waals surface area contributed by atoms with E-state index in [1.165, 1.54) is 6.08 Å². The van der Waals surface area contributed by atoms with Gasteiger partial charge in [0, 0.05) is 12.5 Å². The fraction of sp³-hybridized carbons (Fsp3) is 0.684. The highest BCUT2D eigenvalue weighted by Gasteiger charge is 2.37. The van der Waals surface area contributed by atoms with E-state index in [-0.39, 0.29) is 11.8 Å². The molecule has 0 amide bonds. The topological polar surface area (TPSA) is 52.6 Å². The van der Waals surface area contributed by atoms with Gasteiger partial charge in [-0.25, -0.2) is 4.79 Å². The first-order chi connectivity index (χ1) is 11.2. The van der Waals surface area contributed by atoms with Gasteiger partial charge in [-0.1, -0.05) is 27.4 Å². The van der Waals surface area contributed by atoms with Crippen LogP contribution in [0.15, 0.2) is 24.3 Å². The van der Waals surface area contributed by atoms with Crippen molar-refractivity contribution in [2.24, 2.45) is 0 Å². The summed E-state index contributed by atoms with van der Waals surface area (Å²) in [5.41, 5.74) is -0.0942. The number of carbonyl (C=O) groups excluding carboxylic acids is 2. The third kappa shape index (κ3) is 7.58. The minimum atomic E-state index is -1.88. The molecule has 5 heteroatoms. The maximum absolute atomic E-state index is 11.9. The van der Waals surface area contributed by atoms with E-state index in [0.29, 0.717) is 25.0 Å². The van der Waals surface area contributed by atoms with Gasteiger partial charge in [0.1, 0.15) is 0 Å². The molecule has 0 aliphatic rings. The number of ketones is 1. The Hall–Kier alpha value is -1.20. The number of ether oxygens (including phenoxy) is 1. The van der Waals surface area contributed by atoms with Gasteiger partial charge in [-0.15, -0.1) is 0 Å². The summed E-state index contributed by atoms with van der Waals surface area (Å²) in [5.74, 6) is -0.346. The molecule has 4 nitrogen and oxygen atoms in total. The van der Waals surface area contributed by atoms with E-state index in [0.717, 1.165) is 18.1 Å². The standard InChI is InChI=1S/C19H34O4Si/c1-8-22-18(21)13-15-19(7,14-12-17(20)16(5)6)23-24(9-2,10-3)11-4/h13,15H,5,8-12,14H2,1-4,6-7H3/b15-13+. The van der Waals surface area contributed by atoms with Crippen LogP contribution in [-0.4, -0.2) is 32.3 Å². The van der Waals surface area contributed by atoms with Crippen LogP contribution in [-0.2, 0) is 18.8 Å². The van der Waals surface area contributed by atoms with E-state index in [2.05, 4.69) is 27.4 Å². The lowest BCUT2D eigenvalue weighted by molar-refractivity contribution is -0.137. The fourth-order valence-electron chi connectivity index (χ4n) is 2.64. The van der Waals surface area contributed by atoms with Crippen LogP contribution in [0.5, 0.6) is 0 Å². The molecular formula is C19H34O4Si. The molecule has 0 aliphatic carbocycles. The van der Waals surface area contributed by atoms with Crippen molar-refractivity contribution in [2.45, 2.75) is 78.1 Å². The lowest BCUT2D eigenvalue weighted by atomic mass is 9.96. The molecule has 0 N–H and O–H groups in total. The Kier molecular flexibility index (Phi) is 10.1. The van der Waals surface area contributed by atoms with Gasteiger partial charge in [0.2, 0.25) is 0 Å². The smallest absolute Gasteiger partial charge is 0.330 e. The van der Waals surface area contributed by atoms with Crippen molar-refractivity contribution < 1.29 is 18.8 Å².